The number of halogens is 2. The van der Waals surface area contributed by atoms with E-state index in [1.54, 1.807) is 6.07 Å². The van der Waals surface area contributed by atoms with Crippen LogP contribution in [0.4, 0.5) is 10.1 Å². The number of hydrogen-bond acceptors (Lipinski definition) is 6. The Morgan fingerprint density at radius 1 is 1.35 bits per heavy atom. The number of carbonyl (C=O) groups excluding carboxylic acids is 1. The number of anilines is 1. The first kappa shape index (κ1) is 22.7. The number of nitrogens with one attached hydrogen (secondary N) is 1. The van der Waals surface area contributed by atoms with Crippen molar-refractivity contribution in [2.45, 2.75) is 26.1 Å². The highest BCUT2D eigenvalue weighted by atomic mass is 35.5. The molecule has 0 saturated heterocycles. The normalized spacial score (nSPS) is 15.6. The molecule has 4 rings (SSSR count). The van der Waals surface area contributed by atoms with Gasteiger partial charge in [0.25, 0.3) is 5.91 Å². The van der Waals surface area contributed by atoms with Crippen molar-refractivity contribution >= 4 is 35.3 Å². The van der Waals surface area contributed by atoms with E-state index in [-0.39, 0.29) is 49.2 Å². The first-order valence-corrected chi connectivity index (χ1v) is 10.1. The fourth-order valence-corrected chi connectivity index (χ4v) is 4.22. The molecule has 1 atom stereocenters. The van der Waals surface area contributed by atoms with Crippen molar-refractivity contribution in [2.75, 3.05) is 11.9 Å². The number of aromatic nitrogens is 3. The van der Waals surface area contributed by atoms with Crippen LogP contribution in [0.2, 0.25) is 0 Å². The Bertz CT molecular complexity index is 1190. The van der Waals surface area contributed by atoms with E-state index in [2.05, 4.69) is 10.4 Å². The van der Waals surface area contributed by atoms with E-state index < -0.39 is 6.10 Å². The van der Waals surface area contributed by atoms with E-state index in [1.807, 2.05) is 31.2 Å². The second kappa shape index (κ2) is 9.46. The number of nitrogens with zero attached hydrogens (tertiary/aromatic N) is 3. The number of benzene rings is 1. The van der Waals surface area contributed by atoms with E-state index in [4.69, 9.17) is 10.5 Å². The van der Waals surface area contributed by atoms with Gasteiger partial charge in [0.15, 0.2) is 0 Å². The quantitative estimate of drug-likeness (QED) is 0.582. The molecule has 0 saturated carbocycles. The molecule has 0 radical (unpaired) electrons. The summed E-state index contributed by atoms with van der Waals surface area (Å²) < 4.78 is 21.3. The first-order chi connectivity index (χ1) is 14.5. The number of rotatable bonds is 6. The fourth-order valence-electron chi connectivity index (χ4n) is 3.18. The molecule has 31 heavy (non-hydrogen) atoms. The van der Waals surface area contributed by atoms with Gasteiger partial charge in [-0.15, -0.1) is 23.7 Å². The van der Waals surface area contributed by atoms with Crippen molar-refractivity contribution in [2.24, 2.45) is 5.73 Å². The maximum Gasteiger partial charge on any atom is 0.346 e. The third-order valence-corrected chi connectivity index (χ3v) is 5.89. The van der Waals surface area contributed by atoms with Crippen molar-refractivity contribution in [1.29, 1.82) is 0 Å². The number of carbonyl (C=O) groups is 1. The van der Waals surface area contributed by atoms with Crippen molar-refractivity contribution in [1.82, 2.24) is 14.3 Å². The molecule has 1 unspecified atom stereocenters. The van der Waals surface area contributed by atoms with Crippen LogP contribution in [0.15, 0.2) is 53.4 Å². The molecule has 1 amide bonds. The van der Waals surface area contributed by atoms with Gasteiger partial charge in [0.2, 0.25) is 6.10 Å². The first-order valence-electron chi connectivity index (χ1n) is 9.26. The third kappa shape index (κ3) is 4.55. The average Bonchev–Trinajstić information content (AvgIpc) is 3.33. The Labute approximate surface area is 187 Å². The van der Waals surface area contributed by atoms with Crippen molar-refractivity contribution < 1.29 is 13.9 Å². The Morgan fingerprint density at radius 3 is 2.90 bits per heavy atom. The van der Waals surface area contributed by atoms with Gasteiger partial charge in [-0.1, -0.05) is 12.1 Å². The van der Waals surface area contributed by atoms with Gasteiger partial charge in [0, 0.05) is 11.4 Å². The van der Waals surface area contributed by atoms with Gasteiger partial charge in [-0.3, -0.25) is 9.36 Å². The highest BCUT2D eigenvalue weighted by molar-refractivity contribution is 7.12. The van der Waals surface area contributed by atoms with E-state index >= 15 is 0 Å². The van der Waals surface area contributed by atoms with Crippen LogP contribution in [-0.4, -0.2) is 26.8 Å². The number of ether oxygens (including phenoxy) is 1. The Morgan fingerprint density at radius 2 is 2.16 bits per heavy atom. The molecule has 1 aliphatic heterocycles. The number of aryl methyl sites for hydroxylation is 1. The summed E-state index contributed by atoms with van der Waals surface area (Å²) >= 11 is 1.39. The van der Waals surface area contributed by atoms with E-state index in [0.717, 1.165) is 20.0 Å². The highest BCUT2D eigenvalue weighted by Gasteiger charge is 2.31. The molecule has 2 aromatic heterocycles. The van der Waals surface area contributed by atoms with Gasteiger partial charge in [-0.25, -0.2) is 13.9 Å². The largest absolute Gasteiger partial charge is 0.472 e. The molecule has 11 heteroatoms. The number of amides is 1. The summed E-state index contributed by atoms with van der Waals surface area (Å²) in [6, 6.07) is 9.25. The lowest BCUT2D eigenvalue weighted by atomic mass is 10.1. The standard InChI is InChI=1S/C20H20FN5O3S.ClH/c1-12-3-2-4-15-17(12)29-18(19(27)24-15)16-6-5-14(30-16)10-25-11-23-26(20(25)28)9-13(7-21)8-22;/h2-7,11,18H,8-10,22H2,1H3,(H,24,27);1H/b13-7+;. The van der Waals surface area contributed by atoms with Crippen molar-refractivity contribution in [3.05, 3.63) is 74.4 Å². The summed E-state index contributed by atoms with van der Waals surface area (Å²) in [5.74, 6) is 0.421. The summed E-state index contributed by atoms with van der Waals surface area (Å²) in [6.45, 7) is 2.22. The van der Waals surface area contributed by atoms with Gasteiger partial charge in [0.1, 0.15) is 12.1 Å². The van der Waals surface area contributed by atoms with Gasteiger partial charge in [-0.2, -0.15) is 5.10 Å². The van der Waals surface area contributed by atoms with Crippen LogP contribution in [0.3, 0.4) is 0 Å². The molecule has 3 heterocycles. The summed E-state index contributed by atoms with van der Waals surface area (Å²) in [5, 5.41) is 6.89. The molecule has 0 spiro atoms. The smallest absolute Gasteiger partial charge is 0.346 e. The fraction of sp³-hybridized carbons (Fsp3) is 0.250. The SMILES string of the molecule is Cc1cccc2c1OC(c1ccc(Cn3cnn(C/C(=C/F)CN)c3=O)s1)C(=O)N2.Cl. The third-order valence-electron chi connectivity index (χ3n) is 4.78. The number of nitrogens with two attached hydrogens (primary N) is 1. The van der Waals surface area contributed by atoms with Crippen LogP contribution in [0.5, 0.6) is 5.75 Å². The molecule has 0 bridgehead atoms. The Kier molecular flexibility index (Phi) is 6.94. The number of hydrogen-bond donors (Lipinski definition) is 2. The molecule has 164 valence electrons. The summed E-state index contributed by atoms with van der Waals surface area (Å²) in [5.41, 5.74) is 6.94. The van der Waals surface area contributed by atoms with Gasteiger partial charge in [-0.05, 0) is 36.3 Å². The van der Waals surface area contributed by atoms with Crippen molar-refractivity contribution in [3.63, 3.8) is 0 Å². The number of fused-ring (bicyclic) bond motifs is 1. The van der Waals surface area contributed by atoms with E-state index in [1.165, 1.54) is 22.2 Å². The van der Waals surface area contributed by atoms with Gasteiger partial charge < -0.3 is 15.8 Å². The maximum atomic E-state index is 12.7. The zero-order chi connectivity index (χ0) is 21.3. The summed E-state index contributed by atoms with van der Waals surface area (Å²) in [6.07, 6.45) is 1.04. The molecule has 1 aliphatic rings. The minimum atomic E-state index is -0.751. The minimum absolute atomic E-state index is 0. The van der Waals surface area contributed by atoms with Crippen LogP contribution >= 0.6 is 23.7 Å². The van der Waals surface area contributed by atoms with Crippen LogP contribution in [0, 0.1) is 6.92 Å². The minimum Gasteiger partial charge on any atom is -0.472 e. The lowest BCUT2D eigenvalue weighted by molar-refractivity contribution is -0.123. The van der Waals surface area contributed by atoms with Crippen molar-refractivity contribution in [3.8, 4) is 5.75 Å². The molecular formula is C20H21ClFN5O3S. The predicted molar refractivity (Wildman–Crippen MR) is 119 cm³/mol. The maximum absolute atomic E-state index is 12.7. The summed E-state index contributed by atoms with van der Waals surface area (Å²) in [7, 11) is 0. The van der Waals surface area contributed by atoms with Crippen LogP contribution < -0.4 is 21.5 Å². The highest BCUT2D eigenvalue weighted by Crippen LogP contribution is 2.39. The van der Waals surface area contributed by atoms with E-state index in [9.17, 15) is 14.0 Å². The zero-order valence-electron chi connectivity index (χ0n) is 16.6. The predicted octanol–water partition coefficient (Wildman–Crippen LogP) is 2.77. The number of thiophene rings is 1. The second-order valence-corrected chi connectivity index (χ2v) is 8.11. The lowest BCUT2D eigenvalue weighted by Crippen LogP contribution is -2.29. The Balaban J connectivity index is 0.00000272. The molecule has 0 fully saturated rings. The van der Waals surface area contributed by atoms with Crippen LogP contribution in [-0.2, 0) is 17.9 Å². The molecular weight excluding hydrogens is 445 g/mol. The zero-order valence-corrected chi connectivity index (χ0v) is 18.2. The molecule has 3 N–H and O–H groups in total. The van der Waals surface area contributed by atoms with Gasteiger partial charge in [0.05, 0.1) is 30.0 Å². The molecule has 0 aliphatic carbocycles. The monoisotopic (exact) mass is 465 g/mol. The average molecular weight is 466 g/mol. The van der Waals surface area contributed by atoms with Crippen LogP contribution in [0.1, 0.15) is 21.4 Å². The van der Waals surface area contributed by atoms with Crippen LogP contribution in [0.25, 0.3) is 0 Å². The molecule has 1 aromatic carbocycles. The number of para-hydroxylation sites is 1. The Hall–Kier alpha value is -2.95. The van der Waals surface area contributed by atoms with Gasteiger partial charge >= 0.3 is 5.69 Å². The molecule has 3 aromatic rings. The summed E-state index contributed by atoms with van der Waals surface area (Å²) in [4.78, 5) is 26.6. The van der Waals surface area contributed by atoms with E-state index in [0.29, 0.717) is 17.8 Å². The second-order valence-electron chi connectivity index (χ2n) is 6.91. The lowest BCUT2D eigenvalue weighted by Gasteiger charge is -2.26. The molecule has 8 nitrogen and oxygen atoms in total. The topological polar surface area (TPSA) is 104 Å².